The number of hydrogen-bond acceptors (Lipinski definition) is 5. The Bertz CT molecular complexity index is 1300. The lowest BCUT2D eigenvalue weighted by Crippen LogP contribution is -2.45. The summed E-state index contributed by atoms with van der Waals surface area (Å²) in [7, 11) is 0. The van der Waals surface area contributed by atoms with Gasteiger partial charge in [-0.15, -0.1) is 0 Å². The van der Waals surface area contributed by atoms with Crippen LogP contribution in [-0.2, 0) is 14.3 Å². The quantitative estimate of drug-likeness (QED) is 0.0320. The molecule has 472 valence electrons. The van der Waals surface area contributed by atoms with E-state index in [0.717, 1.165) is 51.4 Å². The number of unbranched alkanes of at least 4 members (excludes halogenated alkanes) is 51. The minimum absolute atomic E-state index is 0.00329. The third-order valence-corrected chi connectivity index (χ3v) is 16.9. The standard InChI is InChI=1S/C74H141NO5/c1-3-5-7-9-11-13-15-17-19-20-21-29-32-35-39-42-46-50-54-58-62-66-72(77)71(70-76)75-73(78)67-63-59-55-51-47-43-40-36-33-30-27-25-23-22-24-26-28-31-34-37-41-45-49-53-57-61-65-69-80-74(79)68-64-60-56-52-48-44-38-18-16-14-12-10-8-6-4-2/h18,22-23,26,28,38,71-72,76-77H,3-17,19-21,24-25,27,29-37,39-70H2,1-2H3,(H,75,78)/b23-22-,28-26-,38-18-. The SMILES string of the molecule is CCCCCCCC/C=C\CCCCCCCC(=O)OCCCCCCCCCCC/C=C\C/C=C\CCCCCCCCCCCCCC(=O)NC(CO)C(O)CCCCCCCCCCCCCCCCCCCCCCC. The number of carbonyl (C=O) groups excluding carboxylic acids is 2. The van der Waals surface area contributed by atoms with Crippen LogP contribution in [0.5, 0.6) is 0 Å². The normalized spacial score (nSPS) is 12.7. The molecule has 2 atom stereocenters. The summed E-state index contributed by atoms with van der Waals surface area (Å²) in [5.74, 6) is -0.0309. The van der Waals surface area contributed by atoms with Crippen LogP contribution >= 0.6 is 0 Å². The second kappa shape index (κ2) is 69.6. The van der Waals surface area contributed by atoms with E-state index in [2.05, 4.69) is 55.6 Å². The van der Waals surface area contributed by atoms with Gasteiger partial charge in [-0.2, -0.15) is 0 Å². The maximum Gasteiger partial charge on any atom is 0.305 e. The van der Waals surface area contributed by atoms with Crippen LogP contribution in [0.15, 0.2) is 36.5 Å². The van der Waals surface area contributed by atoms with E-state index >= 15 is 0 Å². The zero-order valence-corrected chi connectivity index (χ0v) is 54.1. The van der Waals surface area contributed by atoms with Crippen molar-refractivity contribution >= 4 is 11.9 Å². The van der Waals surface area contributed by atoms with Crippen LogP contribution in [0, 0.1) is 0 Å². The fraction of sp³-hybridized carbons (Fsp3) is 0.892. The smallest absolute Gasteiger partial charge is 0.305 e. The summed E-state index contributed by atoms with van der Waals surface area (Å²) in [6, 6.07) is -0.545. The Morgan fingerprint density at radius 3 is 0.963 bits per heavy atom. The number of esters is 1. The molecule has 80 heavy (non-hydrogen) atoms. The molecule has 0 aliphatic heterocycles. The van der Waals surface area contributed by atoms with Crippen molar-refractivity contribution in [2.24, 2.45) is 0 Å². The fourth-order valence-electron chi connectivity index (χ4n) is 11.4. The number of amides is 1. The zero-order chi connectivity index (χ0) is 57.8. The van der Waals surface area contributed by atoms with Gasteiger partial charge >= 0.3 is 5.97 Å². The van der Waals surface area contributed by atoms with E-state index in [1.807, 2.05) is 0 Å². The molecule has 0 heterocycles. The van der Waals surface area contributed by atoms with Crippen molar-refractivity contribution in [3.05, 3.63) is 36.5 Å². The van der Waals surface area contributed by atoms with Crippen LogP contribution in [0.1, 0.15) is 399 Å². The van der Waals surface area contributed by atoms with Gasteiger partial charge in [0.2, 0.25) is 5.91 Å². The molecule has 0 aliphatic carbocycles. The molecule has 3 N–H and O–H groups in total. The molecular formula is C74H141NO5. The summed E-state index contributed by atoms with van der Waals surface area (Å²) < 4.78 is 5.49. The van der Waals surface area contributed by atoms with Crippen LogP contribution in [0.25, 0.3) is 0 Å². The monoisotopic (exact) mass is 1120 g/mol. The van der Waals surface area contributed by atoms with Crippen molar-refractivity contribution in [2.75, 3.05) is 13.2 Å². The molecule has 1 amide bonds. The predicted octanol–water partition coefficient (Wildman–Crippen LogP) is 23.5. The van der Waals surface area contributed by atoms with Crippen LogP contribution in [0.2, 0.25) is 0 Å². The van der Waals surface area contributed by atoms with Crippen LogP contribution in [0.3, 0.4) is 0 Å². The molecule has 2 unspecified atom stereocenters. The van der Waals surface area contributed by atoms with Gasteiger partial charge in [-0.25, -0.2) is 0 Å². The van der Waals surface area contributed by atoms with Gasteiger partial charge in [-0.05, 0) is 83.5 Å². The Labute approximate surface area is 500 Å². The van der Waals surface area contributed by atoms with Gasteiger partial charge in [0, 0.05) is 12.8 Å². The second-order valence-corrected chi connectivity index (χ2v) is 24.9. The van der Waals surface area contributed by atoms with Crippen molar-refractivity contribution < 1.29 is 24.5 Å². The third-order valence-electron chi connectivity index (χ3n) is 16.9. The van der Waals surface area contributed by atoms with Crippen molar-refractivity contribution in [1.82, 2.24) is 5.32 Å². The van der Waals surface area contributed by atoms with Crippen LogP contribution in [-0.4, -0.2) is 47.4 Å². The number of nitrogens with one attached hydrogen (secondary N) is 1. The molecule has 0 aliphatic rings. The highest BCUT2D eigenvalue weighted by molar-refractivity contribution is 5.76. The highest BCUT2D eigenvalue weighted by atomic mass is 16.5. The average molecular weight is 1120 g/mol. The lowest BCUT2D eigenvalue weighted by Gasteiger charge is -2.22. The average Bonchev–Trinajstić information content (AvgIpc) is 3.46. The summed E-state index contributed by atoms with van der Waals surface area (Å²) in [6.07, 6.45) is 89.1. The molecule has 6 heteroatoms. The van der Waals surface area contributed by atoms with Gasteiger partial charge in [0.1, 0.15) is 0 Å². The molecule has 0 saturated carbocycles. The van der Waals surface area contributed by atoms with Crippen molar-refractivity contribution in [1.29, 1.82) is 0 Å². The molecule has 6 nitrogen and oxygen atoms in total. The molecular weight excluding hydrogens is 983 g/mol. The fourth-order valence-corrected chi connectivity index (χ4v) is 11.4. The first kappa shape index (κ1) is 78.1. The number of hydrogen-bond donors (Lipinski definition) is 3. The summed E-state index contributed by atoms with van der Waals surface area (Å²) in [5, 5.41) is 23.4. The number of aliphatic hydroxyl groups excluding tert-OH is 2. The highest BCUT2D eigenvalue weighted by Gasteiger charge is 2.20. The summed E-state index contributed by atoms with van der Waals surface area (Å²) in [5.41, 5.74) is 0. The molecule has 0 fully saturated rings. The van der Waals surface area contributed by atoms with Gasteiger partial charge in [-0.3, -0.25) is 9.59 Å². The second-order valence-electron chi connectivity index (χ2n) is 24.9. The first-order chi connectivity index (χ1) is 39.5. The van der Waals surface area contributed by atoms with E-state index in [4.69, 9.17) is 4.74 Å². The zero-order valence-electron chi connectivity index (χ0n) is 54.1. The minimum atomic E-state index is -0.668. The maximum atomic E-state index is 12.5. The number of carbonyl (C=O) groups is 2. The molecule has 0 rings (SSSR count). The minimum Gasteiger partial charge on any atom is -0.466 e. The van der Waals surface area contributed by atoms with Crippen LogP contribution in [0.4, 0.5) is 0 Å². The third kappa shape index (κ3) is 65.2. The Hall–Kier alpha value is -1.92. The summed E-state index contributed by atoms with van der Waals surface area (Å²) >= 11 is 0. The molecule has 0 aromatic heterocycles. The predicted molar refractivity (Wildman–Crippen MR) is 352 cm³/mol. The number of allylic oxidation sites excluding steroid dienone is 6. The maximum absolute atomic E-state index is 12.5. The molecule has 0 aromatic rings. The summed E-state index contributed by atoms with van der Waals surface area (Å²) in [6.45, 7) is 4.97. The lowest BCUT2D eigenvalue weighted by atomic mass is 10.0. The first-order valence-corrected chi connectivity index (χ1v) is 36.2. The van der Waals surface area contributed by atoms with Gasteiger partial charge in [0.05, 0.1) is 25.4 Å². The largest absolute Gasteiger partial charge is 0.466 e. The van der Waals surface area contributed by atoms with E-state index in [0.29, 0.717) is 25.9 Å². The van der Waals surface area contributed by atoms with E-state index in [-0.39, 0.29) is 18.5 Å². The van der Waals surface area contributed by atoms with E-state index in [9.17, 15) is 19.8 Å². The molecule has 0 saturated heterocycles. The first-order valence-electron chi connectivity index (χ1n) is 36.2. The molecule has 0 bridgehead atoms. The van der Waals surface area contributed by atoms with Gasteiger partial charge in [-0.1, -0.05) is 339 Å². The van der Waals surface area contributed by atoms with Crippen molar-refractivity contribution in [2.45, 2.75) is 411 Å². The topological polar surface area (TPSA) is 95.9 Å². The van der Waals surface area contributed by atoms with E-state index < -0.39 is 12.1 Å². The van der Waals surface area contributed by atoms with Crippen molar-refractivity contribution in [3.63, 3.8) is 0 Å². The lowest BCUT2D eigenvalue weighted by molar-refractivity contribution is -0.143. The van der Waals surface area contributed by atoms with Gasteiger partial charge < -0.3 is 20.3 Å². The van der Waals surface area contributed by atoms with Crippen LogP contribution < -0.4 is 5.32 Å². The molecule has 0 spiro atoms. The Balaban J connectivity index is 3.42. The number of aliphatic hydroxyl groups is 2. The Kier molecular flexibility index (Phi) is 67.9. The number of ether oxygens (including phenoxy) is 1. The molecule has 0 radical (unpaired) electrons. The Morgan fingerprint density at radius 1 is 0.350 bits per heavy atom. The molecule has 0 aromatic carbocycles. The van der Waals surface area contributed by atoms with Gasteiger partial charge in [0.15, 0.2) is 0 Å². The highest BCUT2D eigenvalue weighted by Crippen LogP contribution is 2.19. The van der Waals surface area contributed by atoms with E-state index in [1.54, 1.807) is 0 Å². The van der Waals surface area contributed by atoms with E-state index in [1.165, 1.54) is 315 Å². The summed E-state index contributed by atoms with van der Waals surface area (Å²) in [4.78, 5) is 24.6. The Morgan fingerprint density at radius 2 is 0.625 bits per heavy atom. The van der Waals surface area contributed by atoms with Crippen molar-refractivity contribution in [3.8, 4) is 0 Å². The number of rotatable bonds is 68. The van der Waals surface area contributed by atoms with Gasteiger partial charge in [0.25, 0.3) is 0 Å².